The van der Waals surface area contributed by atoms with Gasteiger partial charge in [-0.2, -0.15) is 0 Å². The number of para-hydroxylation sites is 1. The molecule has 0 spiro atoms. The molecule has 0 saturated carbocycles. The zero-order chi connectivity index (χ0) is 20.2. The Labute approximate surface area is 174 Å². The van der Waals surface area contributed by atoms with Crippen LogP contribution in [0, 0.1) is 0 Å². The Morgan fingerprint density at radius 2 is 1.90 bits per heavy atom. The Morgan fingerprint density at radius 3 is 2.62 bits per heavy atom. The Bertz CT molecular complexity index is 1000. The zero-order valence-electron chi connectivity index (χ0n) is 16.5. The number of nitrogens with zero attached hydrogens (tertiary/aromatic N) is 3. The van der Waals surface area contributed by atoms with Crippen LogP contribution in [0.4, 0.5) is 0 Å². The van der Waals surface area contributed by atoms with E-state index in [0.29, 0.717) is 32.0 Å². The smallest absolute Gasteiger partial charge is 0.272 e. The second kappa shape index (κ2) is 8.61. The second-order valence-electron chi connectivity index (χ2n) is 6.60. The van der Waals surface area contributed by atoms with Crippen LogP contribution in [0.5, 0.6) is 11.5 Å². The third-order valence-corrected chi connectivity index (χ3v) is 5.45. The summed E-state index contributed by atoms with van der Waals surface area (Å²) in [6.07, 6.45) is 3.62. The van der Waals surface area contributed by atoms with Gasteiger partial charge in [-0.1, -0.05) is 36.0 Å². The van der Waals surface area contributed by atoms with Crippen LogP contribution in [0.1, 0.15) is 23.0 Å². The maximum Gasteiger partial charge on any atom is 0.272 e. The van der Waals surface area contributed by atoms with E-state index in [2.05, 4.69) is 4.98 Å². The van der Waals surface area contributed by atoms with Crippen molar-refractivity contribution in [2.45, 2.75) is 18.6 Å². The van der Waals surface area contributed by atoms with E-state index in [0.717, 1.165) is 27.9 Å². The number of aromatic nitrogens is 2. The first-order valence-corrected chi connectivity index (χ1v) is 10.8. The van der Waals surface area contributed by atoms with E-state index in [9.17, 15) is 4.79 Å². The Kier molecular flexibility index (Phi) is 5.76. The van der Waals surface area contributed by atoms with E-state index in [1.807, 2.05) is 71.2 Å². The average molecular weight is 410 g/mol. The first kappa shape index (κ1) is 19.4. The molecule has 0 N–H and O–H groups in total. The fourth-order valence-electron chi connectivity index (χ4n) is 3.35. The molecule has 0 fully saturated rings. The summed E-state index contributed by atoms with van der Waals surface area (Å²) in [5.41, 5.74) is 2.48. The van der Waals surface area contributed by atoms with Crippen LogP contribution in [0.2, 0.25) is 0 Å². The zero-order valence-corrected chi connectivity index (χ0v) is 17.3. The molecule has 1 aliphatic heterocycles. The van der Waals surface area contributed by atoms with E-state index < -0.39 is 0 Å². The van der Waals surface area contributed by atoms with Gasteiger partial charge in [0, 0.05) is 18.8 Å². The summed E-state index contributed by atoms with van der Waals surface area (Å²) in [4.78, 5) is 19.7. The van der Waals surface area contributed by atoms with E-state index in [1.165, 1.54) is 11.8 Å². The summed E-state index contributed by atoms with van der Waals surface area (Å²) in [6.45, 7) is 4.16. The van der Waals surface area contributed by atoms with Gasteiger partial charge in [0.1, 0.15) is 18.9 Å². The maximum absolute atomic E-state index is 13.4. The Balaban J connectivity index is 1.62. The lowest BCUT2D eigenvalue weighted by Gasteiger charge is -2.23. The standard InChI is InChI=1S/C22H23N3O3S/c1-3-24(15-16-9-10-19-20(13-16)28-12-11-27-19)21(26)18-14-23-22(29-2)25(18)17-7-5-4-6-8-17/h4-10,13-14H,3,11-12,15H2,1-2H3. The molecule has 0 atom stereocenters. The molecule has 4 rings (SSSR count). The van der Waals surface area contributed by atoms with Crippen molar-refractivity contribution in [2.75, 3.05) is 26.0 Å². The van der Waals surface area contributed by atoms with Gasteiger partial charge in [0.05, 0.1) is 6.20 Å². The van der Waals surface area contributed by atoms with Crippen LogP contribution >= 0.6 is 11.8 Å². The van der Waals surface area contributed by atoms with Crippen molar-refractivity contribution in [3.63, 3.8) is 0 Å². The molecule has 0 unspecified atom stereocenters. The largest absolute Gasteiger partial charge is 0.486 e. The topological polar surface area (TPSA) is 56.6 Å². The lowest BCUT2D eigenvalue weighted by Crippen LogP contribution is -2.32. The fourth-order valence-corrected chi connectivity index (χ4v) is 3.90. The molecular formula is C22H23N3O3S. The van der Waals surface area contributed by atoms with Crippen molar-refractivity contribution in [1.29, 1.82) is 0 Å². The number of ether oxygens (including phenoxy) is 2. The molecule has 1 amide bonds. The van der Waals surface area contributed by atoms with E-state index >= 15 is 0 Å². The molecule has 2 heterocycles. The lowest BCUT2D eigenvalue weighted by molar-refractivity contribution is 0.0743. The van der Waals surface area contributed by atoms with Crippen molar-refractivity contribution in [3.05, 3.63) is 66.0 Å². The molecule has 1 aliphatic rings. The molecule has 3 aromatic rings. The molecule has 0 saturated heterocycles. The second-order valence-corrected chi connectivity index (χ2v) is 7.37. The first-order valence-electron chi connectivity index (χ1n) is 9.56. The molecule has 29 heavy (non-hydrogen) atoms. The number of imidazole rings is 1. The van der Waals surface area contributed by atoms with Crippen molar-refractivity contribution in [2.24, 2.45) is 0 Å². The van der Waals surface area contributed by atoms with Gasteiger partial charge in [-0.05, 0) is 43.0 Å². The normalized spacial score (nSPS) is 12.6. The number of hydrogen-bond acceptors (Lipinski definition) is 5. The van der Waals surface area contributed by atoms with Gasteiger partial charge in [0.15, 0.2) is 16.7 Å². The SMILES string of the molecule is CCN(Cc1ccc2c(c1)OCCO2)C(=O)c1cnc(SC)n1-c1ccccc1. The van der Waals surface area contributed by atoms with E-state index in [-0.39, 0.29) is 5.91 Å². The quantitative estimate of drug-likeness (QED) is 0.576. The predicted octanol–water partition coefficient (Wildman–Crippen LogP) is 4.03. The van der Waals surface area contributed by atoms with Gasteiger partial charge in [-0.3, -0.25) is 9.36 Å². The summed E-state index contributed by atoms with van der Waals surface area (Å²) in [6, 6.07) is 15.7. The Morgan fingerprint density at radius 1 is 1.14 bits per heavy atom. The molecule has 150 valence electrons. The molecule has 0 radical (unpaired) electrons. The van der Waals surface area contributed by atoms with Crippen LogP contribution in [0.3, 0.4) is 0 Å². The average Bonchev–Trinajstić information content (AvgIpc) is 3.21. The first-order chi connectivity index (χ1) is 14.2. The van der Waals surface area contributed by atoms with Gasteiger partial charge >= 0.3 is 0 Å². The third kappa shape index (κ3) is 3.96. The summed E-state index contributed by atoms with van der Waals surface area (Å²) in [7, 11) is 0. The minimum Gasteiger partial charge on any atom is -0.486 e. The number of fused-ring (bicyclic) bond motifs is 1. The number of carbonyl (C=O) groups is 1. The van der Waals surface area contributed by atoms with Crippen LogP contribution in [0.25, 0.3) is 5.69 Å². The fraction of sp³-hybridized carbons (Fsp3) is 0.273. The molecule has 0 aliphatic carbocycles. The number of rotatable bonds is 6. The van der Waals surface area contributed by atoms with E-state index in [4.69, 9.17) is 9.47 Å². The number of hydrogen-bond donors (Lipinski definition) is 0. The summed E-state index contributed by atoms with van der Waals surface area (Å²) >= 11 is 1.52. The monoisotopic (exact) mass is 409 g/mol. The van der Waals surface area contributed by atoms with Gasteiger partial charge in [-0.15, -0.1) is 0 Å². The number of benzene rings is 2. The van der Waals surface area contributed by atoms with Gasteiger partial charge in [0.2, 0.25) is 0 Å². The highest BCUT2D eigenvalue weighted by molar-refractivity contribution is 7.98. The third-order valence-electron chi connectivity index (χ3n) is 4.79. The van der Waals surface area contributed by atoms with Crippen LogP contribution < -0.4 is 9.47 Å². The highest BCUT2D eigenvalue weighted by Crippen LogP contribution is 2.31. The van der Waals surface area contributed by atoms with Crippen molar-refractivity contribution < 1.29 is 14.3 Å². The van der Waals surface area contributed by atoms with Crippen LogP contribution in [-0.2, 0) is 6.54 Å². The molecule has 6 nitrogen and oxygen atoms in total. The number of thioether (sulfide) groups is 1. The molecule has 0 bridgehead atoms. The number of amides is 1. The number of carbonyl (C=O) groups excluding carboxylic acids is 1. The summed E-state index contributed by atoms with van der Waals surface area (Å²) in [5, 5.41) is 0.787. The molecule has 7 heteroatoms. The molecule has 2 aromatic carbocycles. The Hall–Kier alpha value is -2.93. The van der Waals surface area contributed by atoms with Crippen LogP contribution in [0.15, 0.2) is 59.9 Å². The minimum atomic E-state index is -0.0564. The van der Waals surface area contributed by atoms with Crippen molar-refractivity contribution in [3.8, 4) is 17.2 Å². The van der Waals surface area contributed by atoms with Gasteiger partial charge in [-0.25, -0.2) is 4.98 Å². The minimum absolute atomic E-state index is 0.0564. The van der Waals surface area contributed by atoms with Crippen LogP contribution in [-0.4, -0.2) is 46.4 Å². The highest BCUT2D eigenvalue weighted by Gasteiger charge is 2.23. The van der Waals surface area contributed by atoms with Crippen molar-refractivity contribution >= 4 is 17.7 Å². The molecular weight excluding hydrogens is 386 g/mol. The summed E-state index contributed by atoms with van der Waals surface area (Å²) < 4.78 is 13.2. The highest BCUT2D eigenvalue weighted by atomic mass is 32.2. The maximum atomic E-state index is 13.4. The van der Waals surface area contributed by atoms with E-state index in [1.54, 1.807) is 6.20 Å². The lowest BCUT2D eigenvalue weighted by atomic mass is 10.1. The molecule has 1 aromatic heterocycles. The van der Waals surface area contributed by atoms with Crippen molar-refractivity contribution in [1.82, 2.24) is 14.5 Å². The predicted molar refractivity (Wildman–Crippen MR) is 113 cm³/mol. The van der Waals surface area contributed by atoms with Gasteiger partial charge in [0.25, 0.3) is 5.91 Å². The van der Waals surface area contributed by atoms with Gasteiger partial charge < -0.3 is 14.4 Å². The summed E-state index contributed by atoms with van der Waals surface area (Å²) in [5.74, 6) is 1.43.